The van der Waals surface area contributed by atoms with E-state index in [-0.39, 0.29) is 0 Å². The molecule has 0 saturated heterocycles. The summed E-state index contributed by atoms with van der Waals surface area (Å²) in [5, 5.41) is 11.4. The zero-order chi connectivity index (χ0) is 14.8. The lowest BCUT2D eigenvalue weighted by Gasteiger charge is -2.07. The van der Waals surface area contributed by atoms with E-state index in [0.717, 1.165) is 23.1 Å². The molecule has 0 saturated carbocycles. The van der Waals surface area contributed by atoms with Crippen molar-refractivity contribution in [2.75, 3.05) is 0 Å². The maximum absolute atomic E-state index is 10.3. The molecule has 0 fully saturated rings. The van der Waals surface area contributed by atoms with Gasteiger partial charge in [0.25, 0.3) is 0 Å². The van der Waals surface area contributed by atoms with Crippen molar-refractivity contribution in [3.63, 3.8) is 0 Å². The lowest BCUT2D eigenvalue weighted by atomic mass is 10.1. The molecule has 0 bridgehead atoms. The molecule has 0 aliphatic carbocycles. The molecule has 0 aliphatic heterocycles. The lowest BCUT2D eigenvalue weighted by molar-refractivity contribution is 0.151. The van der Waals surface area contributed by atoms with E-state index in [4.69, 9.17) is 4.42 Å². The number of hydrogen-bond acceptors (Lipinski definition) is 3. The molecule has 0 radical (unpaired) electrons. The number of furan rings is 1. The van der Waals surface area contributed by atoms with Crippen LogP contribution >= 0.6 is 0 Å². The van der Waals surface area contributed by atoms with Crippen LogP contribution in [0.2, 0.25) is 0 Å². The van der Waals surface area contributed by atoms with Crippen LogP contribution in [-0.4, -0.2) is 10.1 Å². The van der Waals surface area contributed by atoms with Gasteiger partial charge in [-0.2, -0.15) is 0 Å². The summed E-state index contributed by atoms with van der Waals surface area (Å²) in [6, 6.07) is 11.9. The SMILES string of the molecule is CCc1ccc(CC(O)c2cc3cc(C)ccc3o2)nc1. The number of fused-ring (bicyclic) bond motifs is 1. The lowest BCUT2D eigenvalue weighted by Crippen LogP contribution is -2.02. The quantitative estimate of drug-likeness (QED) is 0.787. The fraction of sp³-hybridized carbons (Fsp3) is 0.278. The van der Waals surface area contributed by atoms with Crippen LogP contribution in [0, 0.1) is 6.92 Å². The van der Waals surface area contributed by atoms with E-state index in [1.807, 2.05) is 37.4 Å². The molecule has 0 aliphatic rings. The first-order valence-corrected chi connectivity index (χ1v) is 7.27. The molecule has 3 aromatic rings. The molecule has 1 unspecified atom stereocenters. The minimum atomic E-state index is -0.669. The Bertz CT molecular complexity index is 744. The Morgan fingerprint density at radius 3 is 2.76 bits per heavy atom. The van der Waals surface area contributed by atoms with Crippen LogP contribution in [-0.2, 0) is 12.8 Å². The molecule has 0 amide bonds. The molecule has 21 heavy (non-hydrogen) atoms. The highest BCUT2D eigenvalue weighted by Crippen LogP contribution is 2.26. The standard InChI is InChI=1S/C18H19NO2/c1-3-13-5-6-15(19-11-13)10-16(20)18-9-14-8-12(2)4-7-17(14)21-18/h4-9,11,16,20H,3,10H2,1-2H3. The summed E-state index contributed by atoms with van der Waals surface area (Å²) in [6.45, 7) is 4.14. The zero-order valence-corrected chi connectivity index (χ0v) is 12.3. The van der Waals surface area contributed by atoms with Gasteiger partial charge in [0.15, 0.2) is 0 Å². The van der Waals surface area contributed by atoms with Gasteiger partial charge in [-0.3, -0.25) is 4.98 Å². The first-order chi connectivity index (χ1) is 10.2. The van der Waals surface area contributed by atoms with Gasteiger partial charge in [-0.1, -0.05) is 24.6 Å². The summed E-state index contributed by atoms with van der Waals surface area (Å²) < 4.78 is 5.72. The van der Waals surface area contributed by atoms with Crippen molar-refractivity contribution < 1.29 is 9.52 Å². The first-order valence-electron chi connectivity index (χ1n) is 7.27. The summed E-state index contributed by atoms with van der Waals surface area (Å²) in [4.78, 5) is 4.38. The van der Waals surface area contributed by atoms with E-state index in [1.165, 1.54) is 11.1 Å². The Labute approximate surface area is 124 Å². The first kappa shape index (κ1) is 13.8. The predicted molar refractivity (Wildman–Crippen MR) is 83.2 cm³/mol. The highest BCUT2D eigenvalue weighted by atomic mass is 16.4. The van der Waals surface area contributed by atoms with Crippen molar-refractivity contribution in [1.29, 1.82) is 0 Å². The second-order valence-electron chi connectivity index (χ2n) is 5.42. The molecule has 1 atom stereocenters. The molecule has 2 heterocycles. The molecular weight excluding hydrogens is 262 g/mol. The second kappa shape index (κ2) is 5.70. The van der Waals surface area contributed by atoms with Crippen LogP contribution in [0.15, 0.2) is 47.0 Å². The molecule has 108 valence electrons. The van der Waals surface area contributed by atoms with E-state index in [2.05, 4.69) is 24.0 Å². The summed E-state index contributed by atoms with van der Waals surface area (Å²) in [7, 11) is 0. The van der Waals surface area contributed by atoms with Gasteiger partial charge < -0.3 is 9.52 Å². The molecule has 1 N–H and O–H groups in total. The number of rotatable bonds is 4. The normalized spacial score (nSPS) is 12.7. The smallest absolute Gasteiger partial charge is 0.134 e. The minimum absolute atomic E-state index is 0.461. The number of aliphatic hydroxyl groups is 1. The van der Waals surface area contributed by atoms with Crippen LogP contribution < -0.4 is 0 Å². The van der Waals surface area contributed by atoms with Gasteiger partial charge in [-0.15, -0.1) is 0 Å². The Morgan fingerprint density at radius 1 is 1.19 bits per heavy atom. The van der Waals surface area contributed by atoms with Crippen LogP contribution in [0.5, 0.6) is 0 Å². The Hall–Kier alpha value is -2.13. The van der Waals surface area contributed by atoms with Crippen molar-refractivity contribution in [2.45, 2.75) is 32.8 Å². The topological polar surface area (TPSA) is 46.3 Å². The third-order valence-corrected chi connectivity index (χ3v) is 3.72. The van der Waals surface area contributed by atoms with E-state index >= 15 is 0 Å². The highest BCUT2D eigenvalue weighted by molar-refractivity contribution is 5.78. The summed E-state index contributed by atoms with van der Waals surface area (Å²) in [5.74, 6) is 0.594. The maximum Gasteiger partial charge on any atom is 0.134 e. The van der Waals surface area contributed by atoms with Crippen LogP contribution in [0.25, 0.3) is 11.0 Å². The average Bonchev–Trinajstić information content (AvgIpc) is 2.91. The summed E-state index contributed by atoms with van der Waals surface area (Å²) in [5.41, 5.74) is 4.06. The van der Waals surface area contributed by atoms with Crippen molar-refractivity contribution in [3.05, 3.63) is 65.2 Å². The number of benzene rings is 1. The highest BCUT2D eigenvalue weighted by Gasteiger charge is 2.14. The molecule has 3 heteroatoms. The second-order valence-corrected chi connectivity index (χ2v) is 5.42. The summed E-state index contributed by atoms with van der Waals surface area (Å²) >= 11 is 0. The van der Waals surface area contributed by atoms with Gasteiger partial charge in [0.2, 0.25) is 0 Å². The number of pyridine rings is 1. The predicted octanol–water partition coefficient (Wildman–Crippen LogP) is 3.97. The van der Waals surface area contributed by atoms with Crippen LogP contribution in [0.3, 0.4) is 0 Å². The van der Waals surface area contributed by atoms with Gasteiger partial charge in [0, 0.05) is 23.7 Å². The molecule has 3 nitrogen and oxygen atoms in total. The van der Waals surface area contributed by atoms with Crippen LogP contribution in [0.4, 0.5) is 0 Å². The van der Waals surface area contributed by atoms with Gasteiger partial charge >= 0.3 is 0 Å². The van der Waals surface area contributed by atoms with Crippen molar-refractivity contribution in [2.24, 2.45) is 0 Å². The molecule has 3 rings (SSSR count). The third kappa shape index (κ3) is 2.98. The number of aryl methyl sites for hydroxylation is 2. The van der Waals surface area contributed by atoms with Gasteiger partial charge in [0.1, 0.15) is 17.4 Å². The minimum Gasteiger partial charge on any atom is -0.458 e. The average molecular weight is 281 g/mol. The molecule has 0 spiro atoms. The fourth-order valence-corrected chi connectivity index (χ4v) is 2.43. The zero-order valence-electron chi connectivity index (χ0n) is 12.3. The molecule has 2 aromatic heterocycles. The van der Waals surface area contributed by atoms with Crippen molar-refractivity contribution >= 4 is 11.0 Å². The largest absolute Gasteiger partial charge is 0.458 e. The Morgan fingerprint density at radius 2 is 2.05 bits per heavy atom. The van der Waals surface area contributed by atoms with Gasteiger partial charge in [0.05, 0.1) is 0 Å². The fourth-order valence-electron chi connectivity index (χ4n) is 2.43. The van der Waals surface area contributed by atoms with E-state index in [1.54, 1.807) is 0 Å². The third-order valence-electron chi connectivity index (χ3n) is 3.72. The number of nitrogens with zero attached hydrogens (tertiary/aromatic N) is 1. The Balaban J connectivity index is 1.80. The maximum atomic E-state index is 10.3. The number of hydrogen-bond donors (Lipinski definition) is 1. The van der Waals surface area contributed by atoms with Gasteiger partial charge in [-0.25, -0.2) is 0 Å². The van der Waals surface area contributed by atoms with E-state index < -0.39 is 6.10 Å². The van der Waals surface area contributed by atoms with E-state index in [0.29, 0.717) is 12.2 Å². The molecular formula is C18H19NO2. The monoisotopic (exact) mass is 281 g/mol. The number of aliphatic hydroxyl groups excluding tert-OH is 1. The van der Waals surface area contributed by atoms with Crippen LogP contribution in [0.1, 0.15) is 35.6 Å². The number of aromatic nitrogens is 1. The van der Waals surface area contributed by atoms with E-state index in [9.17, 15) is 5.11 Å². The van der Waals surface area contributed by atoms with Crippen molar-refractivity contribution in [1.82, 2.24) is 4.98 Å². The van der Waals surface area contributed by atoms with Gasteiger partial charge in [-0.05, 0) is 43.2 Å². The summed E-state index contributed by atoms with van der Waals surface area (Å²) in [6.07, 6.45) is 2.63. The Kier molecular flexibility index (Phi) is 3.76. The van der Waals surface area contributed by atoms with Crippen molar-refractivity contribution in [3.8, 4) is 0 Å². The molecule has 1 aromatic carbocycles.